The Labute approximate surface area is 378 Å². The Morgan fingerprint density at radius 3 is 1.36 bits per heavy atom. The van der Waals surface area contributed by atoms with Gasteiger partial charge in [-0.05, 0) is 57.8 Å². The van der Waals surface area contributed by atoms with Gasteiger partial charge in [0.2, 0.25) is 5.91 Å². The van der Waals surface area contributed by atoms with E-state index in [2.05, 4.69) is 55.6 Å². The van der Waals surface area contributed by atoms with Crippen molar-refractivity contribution in [2.75, 3.05) is 40.9 Å². The van der Waals surface area contributed by atoms with E-state index in [1.165, 1.54) is 141 Å². The molecular formula is C52H100N2O6P+. The lowest BCUT2D eigenvalue weighted by molar-refractivity contribution is -0.870. The first-order valence-corrected chi connectivity index (χ1v) is 27.0. The van der Waals surface area contributed by atoms with Crippen LogP contribution >= 0.6 is 7.82 Å². The Hall–Kier alpha value is -1.54. The first kappa shape index (κ1) is 59.5. The molecule has 0 bridgehead atoms. The standard InChI is InChI=1S/C52H99N2O6P/c1-6-8-10-12-14-16-18-20-22-24-26-27-28-30-32-34-36-38-40-42-44-46-52(56)53-50(49-60-61(57,58)59-48-47-54(3,4)5)51(55)45-43-41-39-37-35-33-31-29-25-23-21-19-17-15-13-11-9-7-2/h18,20,24,26,28,30,43,45,50-51,55H,6-17,19,21-23,25,27,29,31-42,44,46-49H2,1-5H3,(H-,53,56,57,58)/p+1/b20-18-,26-24-,30-28-,45-43+. The SMILES string of the molecule is CCCCCCC/C=C\C/C=C\C/C=C\CCCCCCCCC(=O)NC(COP(=O)(O)OCC[N+](C)(C)C)C(O)/C=C/CCCCCCCCCCCCCCCCCC. The van der Waals surface area contributed by atoms with Crippen LogP contribution in [0.25, 0.3) is 0 Å². The van der Waals surface area contributed by atoms with Gasteiger partial charge in [0.05, 0.1) is 39.9 Å². The molecule has 61 heavy (non-hydrogen) atoms. The lowest BCUT2D eigenvalue weighted by atomic mass is 10.0. The van der Waals surface area contributed by atoms with Crippen molar-refractivity contribution in [2.24, 2.45) is 0 Å². The molecule has 0 aliphatic rings. The molecule has 0 aromatic rings. The smallest absolute Gasteiger partial charge is 0.387 e. The highest BCUT2D eigenvalue weighted by Gasteiger charge is 2.27. The third-order valence-electron chi connectivity index (χ3n) is 11.3. The van der Waals surface area contributed by atoms with E-state index < -0.39 is 20.0 Å². The molecule has 0 radical (unpaired) electrons. The molecule has 0 saturated carbocycles. The van der Waals surface area contributed by atoms with Crippen LogP contribution in [0.3, 0.4) is 0 Å². The second-order valence-corrected chi connectivity index (χ2v) is 20.0. The van der Waals surface area contributed by atoms with Gasteiger partial charge in [-0.3, -0.25) is 13.8 Å². The Morgan fingerprint density at radius 2 is 0.934 bits per heavy atom. The summed E-state index contributed by atoms with van der Waals surface area (Å²) in [6.07, 6.45) is 56.1. The molecule has 0 heterocycles. The van der Waals surface area contributed by atoms with E-state index in [9.17, 15) is 19.4 Å². The van der Waals surface area contributed by atoms with Crippen LogP contribution < -0.4 is 5.32 Å². The Kier molecular flexibility index (Phi) is 42.6. The molecule has 0 saturated heterocycles. The number of hydrogen-bond donors (Lipinski definition) is 3. The highest BCUT2D eigenvalue weighted by atomic mass is 31.2. The Morgan fingerprint density at radius 1 is 0.557 bits per heavy atom. The number of likely N-dealkylation sites (N-methyl/N-ethyl adjacent to an activating group) is 1. The van der Waals surface area contributed by atoms with Crippen LogP contribution in [0.15, 0.2) is 48.6 Å². The lowest BCUT2D eigenvalue weighted by Gasteiger charge is -2.25. The number of carbonyl (C=O) groups is 1. The summed E-state index contributed by atoms with van der Waals surface area (Å²) in [6, 6.07) is -0.854. The number of amides is 1. The fourth-order valence-electron chi connectivity index (χ4n) is 7.22. The molecule has 8 nitrogen and oxygen atoms in total. The largest absolute Gasteiger partial charge is 0.472 e. The first-order chi connectivity index (χ1) is 29.5. The van der Waals surface area contributed by atoms with Gasteiger partial charge in [0.25, 0.3) is 0 Å². The normalized spacial score (nSPS) is 14.5. The summed E-state index contributed by atoms with van der Waals surface area (Å²) < 4.78 is 23.6. The molecule has 0 fully saturated rings. The summed E-state index contributed by atoms with van der Waals surface area (Å²) >= 11 is 0. The lowest BCUT2D eigenvalue weighted by Crippen LogP contribution is -2.45. The fraction of sp³-hybridized carbons (Fsp3) is 0.827. The number of rotatable bonds is 46. The van der Waals surface area contributed by atoms with Gasteiger partial charge in [0.1, 0.15) is 13.2 Å². The van der Waals surface area contributed by atoms with E-state index in [1.54, 1.807) is 6.08 Å². The minimum absolute atomic E-state index is 0.0576. The van der Waals surface area contributed by atoms with Gasteiger partial charge >= 0.3 is 7.82 Å². The monoisotopic (exact) mass is 880 g/mol. The maximum Gasteiger partial charge on any atom is 0.472 e. The van der Waals surface area contributed by atoms with Gasteiger partial charge in [-0.1, -0.05) is 210 Å². The van der Waals surface area contributed by atoms with Crippen molar-refractivity contribution in [3.8, 4) is 0 Å². The van der Waals surface area contributed by atoms with Crippen molar-refractivity contribution in [2.45, 2.75) is 238 Å². The van der Waals surface area contributed by atoms with Crippen molar-refractivity contribution in [3.63, 3.8) is 0 Å². The number of phosphoric ester groups is 1. The van der Waals surface area contributed by atoms with Gasteiger partial charge in [-0.15, -0.1) is 0 Å². The zero-order valence-corrected chi connectivity index (χ0v) is 41.5. The molecule has 1 amide bonds. The van der Waals surface area contributed by atoms with E-state index in [4.69, 9.17) is 9.05 Å². The quantitative estimate of drug-likeness (QED) is 0.0243. The van der Waals surface area contributed by atoms with Gasteiger partial charge < -0.3 is 19.8 Å². The molecule has 0 aliphatic carbocycles. The minimum Gasteiger partial charge on any atom is -0.387 e. The van der Waals surface area contributed by atoms with Crippen LogP contribution in [0, 0.1) is 0 Å². The zero-order valence-electron chi connectivity index (χ0n) is 40.7. The molecule has 3 N–H and O–H groups in total. The summed E-state index contributed by atoms with van der Waals surface area (Å²) in [5.41, 5.74) is 0. The van der Waals surface area contributed by atoms with Crippen molar-refractivity contribution < 1.29 is 32.9 Å². The maximum absolute atomic E-state index is 12.9. The number of allylic oxidation sites excluding steroid dienone is 7. The number of unbranched alkanes of at least 4 members (excludes halogenated alkanes) is 27. The molecule has 0 aromatic carbocycles. The molecule has 0 spiro atoms. The molecule has 3 unspecified atom stereocenters. The first-order valence-electron chi connectivity index (χ1n) is 25.5. The molecule has 0 aromatic heterocycles. The third kappa shape index (κ3) is 46.3. The second-order valence-electron chi connectivity index (χ2n) is 18.5. The van der Waals surface area contributed by atoms with Gasteiger partial charge in [0.15, 0.2) is 0 Å². The maximum atomic E-state index is 12.9. The molecule has 358 valence electrons. The number of aliphatic hydroxyl groups excluding tert-OH is 1. The van der Waals surface area contributed by atoms with Crippen LogP contribution in [-0.2, 0) is 18.4 Å². The summed E-state index contributed by atoms with van der Waals surface area (Å²) in [5, 5.41) is 13.9. The number of nitrogens with one attached hydrogen (secondary N) is 1. The third-order valence-corrected chi connectivity index (χ3v) is 12.3. The van der Waals surface area contributed by atoms with Gasteiger partial charge in [-0.25, -0.2) is 4.57 Å². The summed E-state index contributed by atoms with van der Waals surface area (Å²) in [6.45, 7) is 4.80. The molecule has 0 rings (SSSR count). The minimum atomic E-state index is -4.35. The zero-order chi connectivity index (χ0) is 45.0. The van der Waals surface area contributed by atoms with Gasteiger partial charge in [-0.2, -0.15) is 0 Å². The van der Waals surface area contributed by atoms with Crippen LogP contribution in [-0.4, -0.2) is 73.4 Å². The summed E-state index contributed by atoms with van der Waals surface area (Å²) in [5.74, 6) is -0.189. The fourth-order valence-corrected chi connectivity index (χ4v) is 7.96. The van der Waals surface area contributed by atoms with E-state index in [0.717, 1.165) is 64.2 Å². The Balaban J connectivity index is 4.36. The molecule has 3 atom stereocenters. The number of phosphoric acid groups is 1. The number of hydrogen-bond acceptors (Lipinski definition) is 5. The Bertz CT molecular complexity index is 1130. The van der Waals surface area contributed by atoms with Crippen molar-refractivity contribution in [1.82, 2.24) is 5.32 Å². The van der Waals surface area contributed by atoms with E-state index in [-0.39, 0.29) is 19.1 Å². The summed E-state index contributed by atoms with van der Waals surface area (Å²) in [4.78, 5) is 23.2. The average Bonchev–Trinajstić information content (AvgIpc) is 3.21. The van der Waals surface area contributed by atoms with E-state index >= 15 is 0 Å². The van der Waals surface area contributed by atoms with Crippen molar-refractivity contribution in [3.05, 3.63) is 48.6 Å². The molecule has 0 aliphatic heterocycles. The van der Waals surface area contributed by atoms with Crippen LogP contribution in [0.2, 0.25) is 0 Å². The van der Waals surface area contributed by atoms with Crippen molar-refractivity contribution in [1.29, 1.82) is 0 Å². The number of nitrogens with zero attached hydrogens (tertiary/aromatic N) is 1. The molecule has 9 heteroatoms. The predicted octanol–water partition coefficient (Wildman–Crippen LogP) is 14.8. The average molecular weight is 880 g/mol. The number of carbonyl (C=O) groups excluding carboxylic acids is 1. The summed E-state index contributed by atoms with van der Waals surface area (Å²) in [7, 11) is 1.56. The van der Waals surface area contributed by atoms with E-state index in [1.807, 2.05) is 27.2 Å². The van der Waals surface area contributed by atoms with Gasteiger partial charge in [0, 0.05) is 6.42 Å². The highest BCUT2D eigenvalue weighted by molar-refractivity contribution is 7.47. The van der Waals surface area contributed by atoms with Crippen molar-refractivity contribution >= 4 is 13.7 Å². The highest BCUT2D eigenvalue weighted by Crippen LogP contribution is 2.43. The second kappa shape index (κ2) is 43.7. The number of quaternary nitrogens is 1. The van der Waals surface area contributed by atoms with Crippen LogP contribution in [0.4, 0.5) is 0 Å². The van der Waals surface area contributed by atoms with E-state index in [0.29, 0.717) is 17.4 Å². The molecular weight excluding hydrogens is 780 g/mol. The van der Waals surface area contributed by atoms with Crippen LogP contribution in [0.5, 0.6) is 0 Å². The topological polar surface area (TPSA) is 105 Å². The van der Waals surface area contributed by atoms with Crippen LogP contribution in [0.1, 0.15) is 226 Å². The predicted molar refractivity (Wildman–Crippen MR) is 263 cm³/mol. The number of aliphatic hydroxyl groups is 1.